The average molecular weight is 247 g/mol. The number of nitrogens with two attached hydrogens (primary N) is 1. The van der Waals surface area contributed by atoms with Gasteiger partial charge in [0.1, 0.15) is 0 Å². The predicted molar refractivity (Wildman–Crippen MR) is 76.0 cm³/mol. The van der Waals surface area contributed by atoms with Crippen molar-refractivity contribution in [3.63, 3.8) is 0 Å². The quantitative estimate of drug-likeness (QED) is 0.891. The van der Waals surface area contributed by atoms with E-state index < -0.39 is 0 Å². The molecule has 100 valence electrons. The molecule has 0 unspecified atom stereocenters. The Morgan fingerprint density at radius 1 is 1.17 bits per heavy atom. The summed E-state index contributed by atoms with van der Waals surface area (Å²) in [5.41, 5.74) is 11.7. The zero-order valence-corrected chi connectivity index (χ0v) is 12.3. The molecule has 1 saturated heterocycles. The summed E-state index contributed by atoms with van der Waals surface area (Å²) in [6.07, 6.45) is 0.977. The van der Waals surface area contributed by atoms with E-state index in [9.17, 15) is 0 Å². The third-order valence-corrected chi connectivity index (χ3v) is 3.76. The van der Waals surface area contributed by atoms with Crippen LogP contribution in [0.15, 0.2) is 12.1 Å². The second-order valence-electron chi connectivity index (χ2n) is 6.71. The second-order valence-corrected chi connectivity index (χ2v) is 6.71. The van der Waals surface area contributed by atoms with Gasteiger partial charge in [-0.25, -0.2) is 0 Å². The molecule has 1 fully saturated rings. The second kappa shape index (κ2) is 4.36. The van der Waals surface area contributed by atoms with Gasteiger partial charge in [0, 0.05) is 11.0 Å². The van der Waals surface area contributed by atoms with Crippen molar-refractivity contribution in [3.05, 3.63) is 34.4 Å². The molecule has 0 amide bonds. The van der Waals surface area contributed by atoms with Gasteiger partial charge in [0.25, 0.3) is 0 Å². The van der Waals surface area contributed by atoms with Crippen LogP contribution < -0.4 is 5.73 Å². The molecular formula is C16H25NO. The fraction of sp³-hybridized carbons (Fsp3) is 0.625. The summed E-state index contributed by atoms with van der Waals surface area (Å²) in [7, 11) is 0. The van der Waals surface area contributed by atoms with E-state index in [-0.39, 0.29) is 11.0 Å². The van der Waals surface area contributed by atoms with E-state index in [1.165, 1.54) is 22.3 Å². The average Bonchev–Trinajstić information content (AvgIpc) is 2.09. The van der Waals surface area contributed by atoms with Crippen molar-refractivity contribution in [2.75, 3.05) is 13.2 Å². The van der Waals surface area contributed by atoms with Crippen molar-refractivity contribution >= 4 is 0 Å². The first kappa shape index (κ1) is 13.6. The maximum atomic E-state index is 6.24. The Morgan fingerprint density at radius 2 is 1.67 bits per heavy atom. The summed E-state index contributed by atoms with van der Waals surface area (Å²) in [6.45, 7) is 12.4. The van der Waals surface area contributed by atoms with Gasteiger partial charge in [-0.1, -0.05) is 17.7 Å². The lowest BCUT2D eigenvalue weighted by atomic mass is 9.68. The highest BCUT2D eigenvalue weighted by Crippen LogP contribution is 2.42. The molecule has 0 atom stereocenters. The van der Waals surface area contributed by atoms with Crippen LogP contribution in [0.3, 0.4) is 0 Å². The standard InChI is InChI=1S/C16H25NO/c1-11-6-12(2)14(13(3)7-11)16(9-18-10-16)8-15(4,5)17/h6-7H,8-10,17H2,1-5H3. The number of hydrogen-bond acceptors (Lipinski definition) is 2. The molecule has 0 aromatic heterocycles. The van der Waals surface area contributed by atoms with E-state index in [0.717, 1.165) is 19.6 Å². The molecule has 0 aliphatic carbocycles. The number of rotatable bonds is 3. The SMILES string of the molecule is Cc1cc(C)c(C2(CC(C)(C)N)COC2)c(C)c1. The van der Waals surface area contributed by atoms with Crippen LogP contribution in [0.2, 0.25) is 0 Å². The molecule has 0 saturated carbocycles. The molecule has 1 aromatic carbocycles. The number of ether oxygens (including phenoxy) is 1. The zero-order valence-electron chi connectivity index (χ0n) is 12.3. The summed E-state index contributed by atoms with van der Waals surface area (Å²) in [5, 5.41) is 0. The van der Waals surface area contributed by atoms with E-state index in [1.807, 2.05) is 0 Å². The minimum atomic E-state index is -0.159. The molecule has 0 bridgehead atoms. The first-order chi connectivity index (χ1) is 8.23. The van der Waals surface area contributed by atoms with Crippen LogP contribution in [-0.2, 0) is 10.2 Å². The van der Waals surface area contributed by atoms with E-state index in [1.54, 1.807) is 0 Å². The third-order valence-electron chi connectivity index (χ3n) is 3.76. The molecule has 0 spiro atoms. The highest BCUT2D eigenvalue weighted by atomic mass is 16.5. The number of aryl methyl sites for hydroxylation is 3. The first-order valence-electron chi connectivity index (χ1n) is 6.68. The van der Waals surface area contributed by atoms with Gasteiger partial charge >= 0.3 is 0 Å². The summed E-state index contributed by atoms with van der Waals surface area (Å²) in [4.78, 5) is 0. The van der Waals surface area contributed by atoms with Crippen LogP contribution in [0.5, 0.6) is 0 Å². The maximum Gasteiger partial charge on any atom is 0.0586 e. The van der Waals surface area contributed by atoms with E-state index in [0.29, 0.717) is 0 Å². The largest absolute Gasteiger partial charge is 0.379 e. The first-order valence-corrected chi connectivity index (χ1v) is 6.68. The van der Waals surface area contributed by atoms with Crippen LogP contribution >= 0.6 is 0 Å². The summed E-state index contributed by atoms with van der Waals surface area (Å²) >= 11 is 0. The lowest BCUT2D eigenvalue weighted by molar-refractivity contribution is -0.0724. The minimum absolute atomic E-state index is 0.125. The fourth-order valence-electron chi connectivity index (χ4n) is 3.57. The molecule has 1 aromatic rings. The topological polar surface area (TPSA) is 35.2 Å². The zero-order chi connectivity index (χ0) is 13.6. The number of benzene rings is 1. The van der Waals surface area contributed by atoms with Gasteiger partial charge in [0.05, 0.1) is 13.2 Å². The van der Waals surface area contributed by atoms with Crippen molar-refractivity contribution < 1.29 is 4.74 Å². The Kier molecular flexibility index (Phi) is 3.28. The fourth-order valence-corrected chi connectivity index (χ4v) is 3.57. The predicted octanol–water partition coefficient (Wildman–Crippen LogP) is 3.01. The van der Waals surface area contributed by atoms with Gasteiger partial charge in [-0.3, -0.25) is 0 Å². The van der Waals surface area contributed by atoms with Crippen molar-refractivity contribution in [3.8, 4) is 0 Å². The smallest absolute Gasteiger partial charge is 0.0586 e. The van der Waals surface area contributed by atoms with Crippen molar-refractivity contribution in [1.82, 2.24) is 0 Å². The Labute approximate surface area is 111 Å². The highest BCUT2D eigenvalue weighted by Gasteiger charge is 2.44. The van der Waals surface area contributed by atoms with Crippen LogP contribution in [0, 0.1) is 20.8 Å². The summed E-state index contributed by atoms with van der Waals surface area (Å²) < 4.78 is 5.52. The third kappa shape index (κ3) is 2.45. The van der Waals surface area contributed by atoms with Gasteiger partial charge in [-0.05, 0) is 57.7 Å². The van der Waals surface area contributed by atoms with Gasteiger partial charge < -0.3 is 10.5 Å². The molecule has 18 heavy (non-hydrogen) atoms. The van der Waals surface area contributed by atoms with Crippen molar-refractivity contribution in [2.45, 2.75) is 52.0 Å². The Balaban J connectivity index is 2.45. The van der Waals surface area contributed by atoms with Gasteiger partial charge in [0.2, 0.25) is 0 Å². The van der Waals surface area contributed by atoms with Crippen LogP contribution in [-0.4, -0.2) is 18.8 Å². The van der Waals surface area contributed by atoms with E-state index in [4.69, 9.17) is 10.5 Å². The van der Waals surface area contributed by atoms with Gasteiger partial charge in [-0.2, -0.15) is 0 Å². The normalized spacial score (nSPS) is 18.6. The Morgan fingerprint density at radius 3 is 2.00 bits per heavy atom. The summed E-state index contributed by atoms with van der Waals surface area (Å²) in [5.74, 6) is 0. The van der Waals surface area contributed by atoms with Crippen LogP contribution in [0.4, 0.5) is 0 Å². The van der Waals surface area contributed by atoms with Crippen LogP contribution in [0.25, 0.3) is 0 Å². The molecule has 0 radical (unpaired) electrons. The van der Waals surface area contributed by atoms with Gasteiger partial charge in [0.15, 0.2) is 0 Å². The lowest BCUT2D eigenvalue weighted by Gasteiger charge is -2.47. The lowest BCUT2D eigenvalue weighted by Crippen LogP contribution is -2.53. The highest BCUT2D eigenvalue weighted by molar-refractivity contribution is 5.44. The summed E-state index contributed by atoms with van der Waals surface area (Å²) in [6, 6.07) is 4.54. The monoisotopic (exact) mass is 247 g/mol. The molecule has 2 rings (SSSR count). The molecular weight excluding hydrogens is 222 g/mol. The van der Waals surface area contributed by atoms with Gasteiger partial charge in [-0.15, -0.1) is 0 Å². The maximum absolute atomic E-state index is 6.24. The molecule has 1 heterocycles. The van der Waals surface area contributed by atoms with E-state index >= 15 is 0 Å². The van der Waals surface area contributed by atoms with E-state index in [2.05, 4.69) is 46.8 Å². The molecule has 1 aliphatic rings. The van der Waals surface area contributed by atoms with Crippen molar-refractivity contribution in [1.29, 1.82) is 0 Å². The Hall–Kier alpha value is -0.860. The molecule has 2 nitrogen and oxygen atoms in total. The van der Waals surface area contributed by atoms with Crippen molar-refractivity contribution in [2.24, 2.45) is 5.73 Å². The molecule has 2 N–H and O–H groups in total. The number of hydrogen-bond donors (Lipinski definition) is 1. The minimum Gasteiger partial charge on any atom is -0.379 e. The molecule has 1 aliphatic heterocycles. The molecule has 2 heteroatoms. The van der Waals surface area contributed by atoms with Crippen LogP contribution in [0.1, 0.15) is 42.5 Å². The Bertz CT molecular complexity index is 430.